The van der Waals surface area contributed by atoms with E-state index in [4.69, 9.17) is 10.3 Å². The maximum Gasteiger partial charge on any atom is 0.290 e. The van der Waals surface area contributed by atoms with Crippen molar-refractivity contribution < 1.29 is 9.32 Å². The van der Waals surface area contributed by atoms with E-state index >= 15 is 0 Å². The lowest BCUT2D eigenvalue weighted by molar-refractivity contribution is 0.0872. The third-order valence-electron chi connectivity index (χ3n) is 3.31. The fraction of sp³-hybridized carbons (Fsp3) is 0.286. The highest BCUT2D eigenvalue weighted by Gasteiger charge is 2.28. The van der Waals surface area contributed by atoms with Gasteiger partial charge in [-0.15, -0.1) is 0 Å². The number of hydrogen-bond donors (Lipinski definition) is 2. The first-order valence-electron chi connectivity index (χ1n) is 6.31. The normalized spacial score (nSPS) is 21.7. The maximum absolute atomic E-state index is 11.9. The smallest absolute Gasteiger partial charge is 0.290 e. The number of benzene rings is 1. The summed E-state index contributed by atoms with van der Waals surface area (Å²) in [6.07, 6.45) is 1.65. The molecule has 1 aromatic carbocycles. The van der Waals surface area contributed by atoms with Crippen molar-refractivity contribution in [3.63, 3.8) is 0 Å². The molecule has 0 radical (unpaired) electrons. The number of nitrogens with one attached hydrogen (secondary N) is 1. The predicted octanol–water partition coefficient (Wildman–Crippen LogP) is 1.56. The van der Waals surface area contributed by atoms with Crippen LogP contribution in [0.4, 0.5) is 0 Å². The van der Waals surface area contributed by atoms with Gasteiger partial charge in [-0.25, -0.2) is 0 Å². The third-order valence-corrected chi connectivity index (χ3v) is 3.31. The van der Waals surface area contributed by atoms with E-state index in [0.717, 1.165) is 18.4 Å². The lowest BCUT2D eigenvalue weighted by Gasteiger charge is -2.32. The van der Waals surface area contributed by atoms with Crippen LogP contribution >= 0.6 is 0 Å². The zero-order valence-electron chi connectivity index (χ0n) is 10.4. The Morgan fingerprint density at radius 1 is 1.32 bits per heavy atom. The molecule has 98 valence electrons. The molecule has 5 nitrogen and oxygen atoms in total. The number of carbonyl (C=O) groups excluding carboxylic acids is 1. The van der Waals surface area contributed by atoms with E-state index in [1.54, 1.807) is 6.07 Å². The minimum Gasteiger partial charge on any atom is -0.350 e. The molecule has 3 N–H and O–H groups in total. The Morgan fingerprint density at radius 3 is 2.74 bits per heavy atom. The van der Waals surface area contributed by atoms with Crippen LogP contribution < -0.4 is 11.1 Å². The molecule has 1 saturated carbocycles. The molecule has 0 spiro atoms. The molecule has 1 heterocycles. The van der Waals surface area contributed by atoms with Gasteiger partial charge >= 0.3 is 0 Å². The molecular formula is C14H15N3O2. The average Bonchev–Trinajstić information content (AvgIpc) is 2.87. The van der Waals surface area contributed by atoms with E-state index in [2.05, 4.69) is 10.5 Å². The first-order valence-corrected chi connectivity index (χ1v) is 6.31. The van der Waals surface area contributed by atoms with E-state index in [1.807, 2.05) is 30.3 Å². The monoisotopic (exact) mass is 257 g/mol. The minimum atomic E-state index is -0.230. The van der Waals surface area contributed by atoms with E-state index in [0.29, 0.717) is 5.69 Å². The van der Waals surface area contributed by atoms with Crippen LogP contribution in [0.5, 0.6) is 0 Å². The Bertz CT molecular complexity index is 573. The van der Waals surface area contributed by atoms with Gasteiger partial charge in [0, 0.05) is 23.7 Å². The van der Waals surface area contributed by atoms with Gasteiger partial charge in [-0.1, -0.05) is 35.5 Å². The van der Waals surface area contributed by atoms with Gasteiger partial charge in [0.15, 0.2) is 0 Å². The summed E-state index contributed by atoms with van der Waals surface area (Å²) in [6.45, 7) is 0. The molecule has 0 bridgehead atoms. The van der Waals surface area contributed by atoms with Gasteiger partial charge in [0.25, 0.3) is 5.91 Å². The molecule has 2 aromatic rings. The summed E-state index contributed by atoms with van der Waals surface area (Å²) < 4.78 is 5.08. The Morgan fingerprint density at radius 2 is 2.05 bits per heavy atom. The number of amides is 1. The molecule has 1 amide bonds. The molecule has 1 aliphatic carbocycles. The summed E-state index contributed by atoms with van der Waals surface area (Å²) in [5.41, 5.74) is 7.27. The van der Waals surface area contributed by atoms with Gasteiger partial charge in [-0.05, 0) is 12.8 Å². The maximum atomic E-state index is 11.9. The molecule has 3 rings (SSSR count). The molecule has 0 unspecified atom stereocenters. The van der Waals surface area contributed by atoms with Gasteiger partial charge in [0.05, 0.1) is 0 Å². The van der Waals surface area contributed by atoms with Crippen molar-refractivity contribution in [2.24, 2.45) is 5.73 Å². The number of carbonyl (C=O) groups is 1. The SMILES string of the molecule is N[C@H]1C[C@H](NC(=O)c2cc(-c3ccccc3)no2)C1. The molecule has 5 heteroatoms. The molecule has 0 aliphatic heterocycles. The molecule has 19 heavy (non-hydrogen) atoms. The van der Waals surface area contributed by atoms with Crippen LogP contribution in [0.25, 0.3) is 11.3 Å². The van der Waals surface area contributed by atoms with Crippen molar-refractivity contribution in [1.82, 2.24) is 10.5 Å². The molecule has 1 aromatic heterocycles. The second kappa shape index (κ2) is 4.85. The standard InChI is InChI=1S/C14H15N3O2/c15-10-6-11(7-10)16-14(18)13-8-12(17-19-13)9-4-2-1-3-5-9/h1-5,8,10-11H,6-7,15H2,(H,16,18)/t10-,11-. The van der Waals surface area contributed by atoms with Crippen LogP contribution in [0.15, 0.2) is 40.9 Å². The van der Waals surface area contributed by atoms with Gasteiger partial charge in [0.2, 0.25) is 5.76 Å². The zero-order chi connectivity index (χ0) is 13.2. The van der Waals surface area contributed by atoms with E-state index in [9.17, 15) is 4.79 Å². The van der Waals surface area contributed by atoms with Crippen molar-refractivity contribution in [2.45, 2.75) is 24.9 Å². The summed E-state index contributed by atoms with van der Waals surface area (Å²) in [5, 5.41) is 6.79. The van der Waals surface area contributed by atoms with Crippen LogP contribution in [-0.4, -0.2) is 23.1 Å². The Balaban J connectivity index is 1.69. The Kier molecular flexibility index (Phi) is 3.05. The molecule has 1 aliphatic rings. The largest absolute Gasteiger partial charge is 0.350 e. The summed E-state index contributed by atoms with van der Waals surface area (Å²) >= 11 is 0. The number of nitrogens with two attached hydrogens (primary N) is 1. The van der Waals surface area contributed by atoms with Crippen LogP contribution in [0.2, 0.25) is 0 Å². The van der Waals surface area contributed by atoms with Crippen LogP contribution in [0, 0.1) is 0 Å². The lowest BCUT2D eigenvalue weighted by atomic mass is 9.87. The number of rotatable bonds is 3. The third kappa shape index (κ3) is 2.51. The van der Waals surface area contributed by atoms with Gasteiger partial charge in [-0.3, -0.25) is 4.79 Å². The van der Waals surface area contributed by atoms with Crippen molar-refractivity contribution in [3.05, 3.63) is 42.2 Å². The topological polar surface area (TPSA) is 81.1 Å². The Labute approximate surface area is 110 Å². The molecular weight excluding hydrogens is 242 g/mol. The van der Waals surface area contributed by atoms with Crippen molar-refractivity contribution in [1.29, 1.82) is 0 Å². The van der Waals surface area contributed by atoms with E-state index < -0.39 is 0 Å². The summed E-state index contributed by atoms with van der Waals surface area (Å²) in [6, 6.07) is 11.6. The fourth-order valence-electron chi connectivity index (χ4n) is 2.16. The molecule has 1 fully saturated rings. The second-order valence-electron chi connectivity index (χ2n) is 4.84. The van der Waals surface area contributed by atoms with Crippen molar-refractivity contribution in [3.8, 4) is 11.3 Å². The summed E-state index contributed by atoms with van der Waals surface area (Å²) in [7, 11) is 0. The van der Waals surface area contributed by atoms with Crippen molar-refractivity contribution in [2.75, 3.05) is 0 Å². The Hall–Kier alpha value is -2.14. The first kappa shape index (κ1) is 11.9. The highest BCUT2D eigenvalue weighted by atomic mass is 16.5. The van der Waals surface area contributed by atoms with Crippen LogP contribution in [-0.2, 0) is 0 Å². The summed E-state index contributed by atoms with van der Waals surface area (Å²) in [5.74, 6) is 0.00547. The fourth-order valence-corrected chi connectivity index (χ4v) is 2.16. The molecule has 0 atom stereocenters. The van der Waals surface area contributed by atoms with Gasteiger partial charge in [0.1, 0.15) is 5.69 Å². The lowest BCUT2D eigenvalue weighted by Crippen LogP contribution is -2.50. The van der Waals surface area contributed by atoms with Gasteiger partial charge < -0.3 is 15.6 Å². The van der Waals surface area contributed by atoms with Gasteiger partial charge in [-0.2, -0.15) is 0 Å². The minimum absolute atomic E-state index is 0.160. The second-order valence-corrected chi connectivity index (χ2v) is 4.84. The first-order chi connectivity index (χ1) is 9.22. The number of hydrogen-bond acceptors (Lipinski definition) is 4. The predicted molar refractivity (Wildman–Crippen MR) is 70.4 cm³/mol. The molecule has 0 saturated heterocycles. The van der Waals surface area contributed by atoms with Crippen molar-refractivity contribution >= 4 is 5.91 Å². The quantitative estimate of drug-likeness (QED) is 0.874. The highest BCUT2D eigenvalue weighted by molar-refractivity contribution is 5.92. The number of aromatic nitrogens is 1. The number of nitrogens with zero attached hydrogens (tertiary/aromatic N) is 1. The average molecular weight is 257 g/mol. The zero-order valence-corrected chi connectivity index (χ0v) is 10.4. The van der Waals surface area contributed by atoms with Crippen LogP contribution in [0.1, 0.15) is 23.4 Å². The summed E-state index contributed by atoms with van der Waals surface area (Å²) in [4.78, 5) is 11.9. The van der Waals surface area contributed by atoms with Crippen LogP contribution in [0.3, 0.4) is 0 Å². The van der Waals surface area contributed by atoms with E-state index in [-0.39, 0.29) is 23.8 Å². The highest BCUT2D eigenvalue weighted by Crippen LogP contribution is 2.20. The van der Waals surface area contributed by atoms with E-state index in [1.165, 1.54) is 0 Å².